The molecule has 4 heteroatoms. The number of hydrogen-bond acceptors (Lipinski definition) is 1. The fourth-order valence-corrected chi connectivity index (χ4v) is 6.17. The molecule has 4 unspecified atom stereocenters. The smallest absolute Gasteiger partial charge is 0.0936 e. The van der Waals surface area contributed by atoms with Crippen molar-refractivity contribution in [3.63, 3.8) is 0 Å². The normalized spacial score (nSPS) is 47.4. The first-order chi connectivity index (χ1) is 6.32. The van der Waals surface area contributed by atoms with Gasteiger partial charge in [0, 0.05) is 17.7 Å². The minimum absolute atomic E-state index is 0.267. The third-order valence-electron chi connectivity index (χ3n) is 3.11. The standard InChI is InChI=1S/C10H18Br2OSi/c1-14(2,3)6-10-5-8(12)7(11)4-9(10)13-10/h7-9H,4-6H2,1-3H3. The van der Waals surface area contributed by atoms with Crippen molar-refractivity contribution in [1.82, 2.24) is 0 Å². The monoisotopic (exact) mass is 340 g/mol. The lowest BCUT2D eigenvalue weighted by molar-refractivity contribution is 0.304. The zero-order valence-electron chi connectivity index (χ0n) is 9.02. The van der Waals surface area contributed by atoms with Crippen molar-refractivity contribution in [1.29, 1.82) is 0 Å². The minimum atomic E-state index is -0.988. The largest absolute Gasteiger partial charge is 0.366 e. The van der Waals surface area contributed by atoms with E-state index in [1.54, 1.807) is 0 Å². The van der Waals surface area contributed by atoms with E-state index in [4.69, 9.17) is 4.74 Å². The molecule has 1 saturated carbocycles. The van der Waals surface area contributed by atoms with Crippen molar-refractivity contribution in [3.05, 3.63) is 0 Å². The van der Waals surface area contributed by atoms with Crippen molar-refractivity contribution >= 4 is 39.9 Å². The van der Waals surface area contributed by atoms with Crippen molar-refractivity contribution in [2.24, 2.45) is 0 Å². The Bertz CT molecular complexity index is 241. The second kappa shape index (κ2) is 3.57. The van der Waals surface area contributed by atoms with E-state index in [9.17, 15) is 0 Å². The summed E-state index contributed by atoms with van der Waals surface area (Å²) in [4.78, 5) is 1.20. The summed E-state index contributed by atoms with van der Waals surface area (Å²) < 4.78 is 5.96. The summed E-state index contributed by atoms with van der Waals surface area (Å²) in [5.74, 6) is 0. The average molecular weight is 342 g/mol. The van der Waals surface area contributed by atoms with Gasteiger partial charge in [-0.25, -0.2) is 0 Å². The summed E-state index contributed by atoms with van der Waals surface area (Å²) in [6.07, 6.45) is 2.92. The third-order valence-corrected chi connectivity index (χ3v) is 7.45. The Balaban J connectivity index is 2.01. The molecule has 0 spiro atoms. The van der Waals surface area contributed by atoms with Gasteiger partial charge in [-0.15, -0.1) is 0 Å². The van der Waals surface area contributed by atoms with Crippen molar-refractivity contribution < 1.29 is 4.74 Å². The van der Waals surface area contributed by atoms with E-state index in [-0.39, 0.29) is 5.60 Å². The second-order valence-corrected chi connectivity index (χ2v) is 13.7. The molecule has 0 aromatic rings. The van der Waals surface area contributed by atoms with Crippen LogP contribution in [0.2, 0.25) is 25.7 Å². The van der Waals surface area contributed by atoms with Crippen LogP contribution in [0.5, 0.6) is 0 Å². The molecule has 1 heterocycles. The van der Waals surface area contributed by atoms with Gasteiger partial charge in [-0.05, 0) is 18.9 Å². The summed E-state index contributed by atoms with van der Waals surface area (Å²) in [7, 11) is -0.988. The molecule has 0 bridgehead atoms. The molecule has 1 nitrogen and oxygen atoms in total. The van der Waals surface area contributed by atoms with Crippen LogP contribution in [-0.2, 0) is 4.74 Å². The molecule has 1 aliphatic carbocycles. The maximum atomic E-state index is 5.96. The Morgan fingerprint density at radius 2 is 1.93 bits per heavy atom. The lowest BCUT2D eigenvalue weighted by atomic mass is 9.90. The van der Waals surface area contributed by atoms with Gasteiger partial charge in [-0.3, -0.25) is 0 Å². The van der Waals surface area contributed by atoms with Gasteiger partial charge in [-0.2, -0.15) is 0 Å². The van der Waals surface area contributed by atoms with Gasteiger partial charge in [0.05, 0.1) is 11.7 Å². The Morgan fingerprint density at radius 3 is 2.50 bits per heavy atom. The maximum absolute atomic E-state index is 5.96. The van der Waals surface area contributed by atoms with Gasteiger partial charge in [-0.1, -0.05) is 51.5 Å². The molecule has 14 heavy (non-hydrogen) atoms. The first-order valence-corrected chi connectivity index (χ1v) is 10.8. The number of fused-ring (bicyclic) bond motifs is 1. The van der Waals surface area contributed by atoms with E-state index in [2.05, 4.69) is 51.5 Å². The fourth-order valence-electron chi connectivity index (χ4n) is 2.63. The van der Waals surface area contributed by atoms with Crippen LogP contribution in [0.4, 0.5) is 0 Å². The lowest BCUT2D eigenvalue weighted by Gasteiger charge is -2.29. The highest BCUT2D eigenvalue weighted by atomic mass is 79.9. The molecule has 1 saturated heterocycles. The lowest BCUT2D eigenvalue weighted by Crippen LogP contribution is -2.38. The van der Waals surface area contributed by atoms with E-state index in [0.29, 0.717) is 15.8 Å². The predicted octanol–water partition coefficient (Wildman–Crippen LogP) is 3.78. The molecule has 0 N–H and O–H groups in total. The molecule has 0 aromatic heterocycles. The molecule has 82 valence electrons. The number of alkyl halides is 2. The van der Waals surface area contributed by atoms with E-state index in [1.165, 1.54) is 18.9 Å². The molecular weight excluding hydrogens is 324 g/mol. The molecule has 0 amide bonds. The number of hydrogen-bond donors (Lipinski definition) is 0. The number of epoxide rings is 1. The van der Waals surface area contributed by atoms with Crippen molar-refractivity contribution in [3.8, 4) is 0 Å². The van der Waals surface area contributed by atoms with Crippen LogP contribution < -0.4 is 0 Å². The van der Waals surface area contributed by atoms with Crippen LogP contribution in [0, 0.1) is 0 Å². The van der Waals surface area contributed by atoms with Crippen molar-refractivity contribution in [2.75, 3.05) is 0 Å². The summed E-state index contributed by atoms with van der Waals surface area (Å²) >= 11 is 7.46. The molecule has 2 fully saturated rings. The van der Waals surface area contributed by atoms with Crippen LogP contribution in [0.25, 0.3) is 0 Å². The van der Waals surface area contributed by atoms with Crippen LogP contribution in [0.3, 0.4) is 0 Å². The molecule has 1 aliphatic heterocycles. The Labute approximate surface area is 104 Å². The summed E-state index contributed by atoms with van der Waals surface area (Å²) in [6.45, 7) is 7.30. The SMILES string of the molecule is C[Si](C)(C)CC12CC(Br)C(Br)CC1O2. The molecule has 0 radical (unpaired) electrons. The van der Waals surface area contributed by atoms with Crippen LogP contribution in [0.15, 0.2) is 0 Å². The van der Waals surface area contributed by atoms with Crippen LogP contribution in [-0.4, -0.2) is 29.4 Å². The highest BCUT2D eigenvalue weighted by molar-refractivity contribution is 9.12. The Hall–Kier alpha value is 1.14. The predicted molar refractivity (Wildman–Crippen MR) is 70.4 cm³/mol. The summed E-state index contributed by atoms with van der Waals surface area (Å²) in [5.41, 5.74) is 0.267. The van der Waals surface area contributed by atoms with Crippen LogP contribution in [0.1, 0.15) is 12.8 Å². The van der Waals surface area contributed by atoms with Gasteiger partial charge in [0.15, 0.2) is 0 Å². The van der Waals surface area contributed by atoms with Gasteiger partial charge in [0.1, 0.15) is 0 Å². The van der Waals surface area contributed by atoms with E-state index < -0.39 is 8.07 Å². The zero-order chi connectivity index (χ0) is 10.6. The summed E-state index contributed by atoms with van der Waals surface area (Å²) in [5, 5.41) is 0. The number of halogens is 2. The van der Waals surface area contributed by atoms with Crippen molar-refractivity contribution in [2.45, 2.75) is 59.9 Å². The van der Waals surface area contributed by atoms with E-state index in [1.807, 2.05) is 0 Å². The third kappa shape index (κ3) is 2.28. The highest BCUT2D eigenvalue weighted by Gasteiger charge is 2.61. The van der Waals surface area contributed by atoms with Gasteiger partial charge in [0.25, 0.3) is 0 Å². The van der Waals surface area contributed by atoms with Crippen LogP contribution >= 0.6 is 31.9 Å². The van der Waals surface area contributed by atoms with Gasteiger partial charge >= 0.3 is 0 Å². The zero-order valence-corrected chi connectivity index (χ0v) is 13.2. The molecule has 4 atom stereocenters. The quantitative estimate of drug-likeness (QED) is 0.423. The molecule has 2 aliphatic rings. The van der Waals surface area contributed by atoms with Gasteiger partial charge in [0.2, 0.25) is 0 Å². The first kappa shape index (κ1) is 11.6. The first-order valence-electron chi connectivity index (χ1n) is 5.28. The van der Waals surface area contributed by atoms with E-state index >= 15 is 0 Å². The highest BCUT2D eigenvalue weighted by Crippen LogP contribution is 2.55. The molecule has 2 rings (SSSR count). The Kier molecular flexibility index (Phi) is 2.96. The number of ether oxygens (including phenoxy) is 1. The second-order valence-electron chi connectivity index (χ2n) is 5.88. The molecule has 0 aromatic carbocycles. The minimum Gasteiger partial charge on any atom is -0.366 e. The Morgan fingerprint density at radius 1 is 1.29 bits per heavy atom. The molecular formula is C10H18Br2OSi. The van der Waals surface area contributed by atoms with Gasteiger partial charge < -0.3 is 4.74 Å². The summed E-state index contributed by atoms with van der Waals surface area (Å²) in [6, 6.07) is 1.33. The fraction of sp³-hybridized carbons (Fsp3) is 1.00. The topological polar surface area (TPSA) is 12.5 Å². The average Bonchev–Trinajstić information content (AvgIpc) is 2.58. The maximum Gasteiger partial charge on any atom is 0.0936 e. The number of rotatable bonds is 2. The van der Waals surface area contributed by atoms with E-state index in [0.717, 1.165) is 0 Å².